The molecule has 2 aliphatic heterocycles. The molecule has 0 aliphatic carbocycles. The maximum Gasteiger partial charge on any atom is 0.254 e. The zero-order chi connectivity index (χ0) is 18.3. The van der Waals surface area contributed by atoms with Gasteiger partial charge in [0, 0.05) is 23.9 Å². The standard InChI is InChI=1S/C21H23NO3S/c1-26(24,25)20-13-18-11-12-19(14-20)22(18)21(23)17-9-7-16(8-10-17)15-5-3-2-4-6-15/h2-10,18-20H,11-14H2,1H3. The van der Waals surface area contributed by atoms with Crippen molar-refractivity contribution < 1.29 is 13.2 Å². The highest BCUT2D eigenvalue weighted by molar-refractivity contribution is 7.91. The zero-order valence-corrected chi connectivity index (χ0v) is 15.7. The SMILES string of the molecule is CS(=O)(=O)C1CC2CCC(C1)N2C(=O)c1ccc(-c2ccccc2)cc1. The molecule has 2 fully saturated rings. The maximum atomic E-state index is 13.0. The van der Waals surface area contributed by atoms with Crippen LogP contribution in [0, 0.1) is 0 Å². The van der Waals surface area contributed by atoms with Crippen molar-refractivity contribution in [2.45, 2.75) is 43.0 Å². The minimum atomic E-state index is -3.04. The monoisotopic (exact) mass is 369 g/mol. The van der Waals surface area contributed by atoms with Gasteiger partial charge in [-0.1, -0.05) is 42.5 Å². The number of nitrogens with zero attached hydrogens (tertiary/aromatic N) is 1. The lowest BCUT2D eigenvalue weighted by molar-refractivity contribution is 0.0598. The van der Waals surface area contributed by atoms with E-state index in [0.29, 0.717) is 18.4 Å². The minimum absolute atomic E-state index is 0.0315. The molecule has 2 atom stereocenters. The molecule has 0 aromatic heterocycles. The first-order valence-electron chi connectivity index (χ1n) is 9.10. The molecule has 0 N–H and O–H groups in total. The Morgan fingerprint density at radius 1 is 0.885 bits per heavy atom. The second kappa shape index (κ2) is 6.54. The van der Waals surface area contributed by atoms with Crippen LogP contribution in [-0.2, 0) is 9.84 Å². The van der Waals surface area contributed by atoms with E-state index in [-0.39, 0.29) is 23.2 Å². The van der Waals surface area contributed by atoms with Gasteiger partial charge in [-0.25, -0.2) is 8.42 Å². The van der Waals surface area contributed by atoms with Gasteiger partial charge in [-0.2, -0.15) is 0 Å². The van der Waals surface area contributed by atoms with Crippen molar-refractivity contribution in [3.8, 4) is 11.1 Å². The number of carbonyl (C=O) groups is 1. The summed E-state index contributed by atoms with van der Waals surface area (Å²) in [5.41, 5.74) is 2.89. The first-order chi connectivity index (χ1) is 12.4. The molecule has 2 aromatic rings. The Balaban J connectivity index is 1.54. The van der Waals surface area contributed by atoms with Crippen LogP contribution in [0.3, 0.4) is 0 Å². The van der Waals surface area contributed by atoms with Crippen LogP contribution in [-0.4, -0.2) is 42.8 Å². The van der Waals surface area contributed by atoms with Crippen molar-refractivity contribution in [3.63, 3.8) is 0 Å². The average Bonchev–Trinajstić information content (AvgIpc) is 2.90. The predicted octanol–water partition coefficient (Wildman–Crippen LogP) is 3.53. The highest BCUT2D eigenvalue weighted by atomic mass is 32.2. The summed E-state index contributed by atoms with van der Waals surface area (Å²) in [7, 11) is -3.04. The van der Waals surface area contributed by atoms with Crippen LogP contribution in [0.1, 0.15) is 36.0 Å². The topological polar surface area (TPSA) is 54.5 Å². The number of rotatable bonds is 3. The summed E-state index contributed by atoms with van der Waals surface area (Å²) in [5.74, 6) is 0.0315. The van der Waals surface area contributed by atoms with Crippen LogP contribution >= 0.6 is 0 Å². The molecule has 136 valence electrons. The Morgan fingerprint density at radius 3 is 1.96 bits per heavy atom. The lowest BCUT2D eigenvalue weighted by atomic mass is 9.99. The van der Waals surface area contributed by atoms with Crippen LogP contribution in [0.2, 0.25) is 0 Å². The molecule has 2 aromatic carbocycles. The summed E-state index contributed by atoms with van der Waals surface area (Å²) in [6, 6.07) is 17.9. The van der Waals surface area contributed by atoms with Crippen LogP contribution in [0.5, 0.6) is 0 Å². The van der Waals surface area contributed by atoms with E-state index >= 15 is 0 Å². The van der Waals surface area contributed by atoms with Gasteiger partial charge in [0.15, 0.2) is 0 Å². The molecule has 4 nitrogen and oxygen atoms in total. The molecular weight excluding hydrogens is 346 g/mol. The fraction of sp³-hybridized carbons (Fsp3) is 0.381. The number of sulfone groups is 1. The Bertz CT molecular complexity index is 892. The summed E-state index contributed by atoms with van der Waals surface area (Å²) >= 11 is 0. The van der Waals surface area contributed by atoms with Gasteiger partial charge in [0.05, 0.1) is 5.25 Å². The number of amides is 1. The van der Waals surface area contributed by atoms with Crippen molar-refractivity contribution in [2.75, 3.05) is 6.26 Å². The maximum absolute atomic E-state index is 13.0. The third kappa shape index (κ3) is 3.16. The van der Waals surface area contributed by atoms with Gasteiger partial charge < -0.3 is 4.90 Å². The van der Waals surface area contributed by atoms with E-state index in [2.05, 4.69) is 0 Å². The van der Waals surface area contributed by atoms with Crippen LogP contribution in [0.4, 0.5) is 0 Å². The average molecular weight is 369 g/mol. The first-order valence-corrected chi connectivity index (χ1v) is 11.1. The number of carbonyl (C=O) groups excluding carboxylic acids is 1. The first kappa shape index (κ1) is 17.3. The summed E-state index contributed by atoms with van der Waals surface area (Å²) in [6.45, 7) is 0. The van der Waals surface area contributed by atoms with E-state index in [4.69, 9.17) is 0 Å². The molecule has 2 heterocycles. The van der Waals surface area contributed by atoms with Crippen LogP contribution in [0.15, 0.2) is 54.6 Å². The Kier molecular flexibility index (Phi) is 4.35. The van der Waals surface area contributed by atoms with Gasteiger partial charge >= 0.3 is 0 Å². The molecule has 2 saturated heterocycles. The van der Waals surface area contributed by atoms with Gasteiger partial charge in [-0.15, -0.1) is 0 Å². The second-order valence-corrected chi connectivity index (χ2v) is 9.79. The van der Waals surface area contributed by atoms with Crippen molar-refractivity contribution in [3.05, 3.63) is 60.2 Å². The highest BCUT2D eigenvalue weighted by Crippen LogP contribution is 2.39. The smallest absolute Gasteiger partial charge is 0.254 e. The molecule has 26 heavy (non-hydrogen) atoms. The van der Waals surface area contributed by atoms with Gasteiger partial charge in [0.2, 0.25) is 0 Å². The predicted molar refractivity (Wildman–Crippen MR) is 103 cm³/mol. The molecule has 5 heteroatoms. The quantitative estimate of drug-likeness (QED) is 0.832. The number of benzene rings is 2. The number of hydrogen-bond acceptors (Lipinski definition) is 3. The molecule has 4 rings (SSSR count). The van der Waals surface area contributed by atoms with Gasteiger partial charge in [-0.05, 0) is 48.9 Å². The molecule has 2 unspecified atom stereocenters. The van der Waals surface area contributed by atoms with Crippen LogP contribution in [0.25, 0.3) is 11.1 Å². The van der Waals surface area contributed by atoms with Crippen molar-refractivity contribution in [2.24, 2.45) is 0 Å². The molecule has 0 radical (unpaired) electrons. The summed E-state index contributed by atoms with van der Waals surface area (Å²) < 4.78 is 23.8. The third-order valence-electron chi connectivity index (χ3n) is 5.77. The van der Waals surface area contributed by atoms with Crippen molar-refractivity contribution in [1.82, 2.24) is 4.90 Å². The zero-order valence-electron chi connectivity index (χ0n) is 14.8. The normalized spacial score (nSPS) is 25.3. The van der Waals surface area contributed by atoms with E-state index < -0.39 is 9.84 Å². The molecule has 1 amide bonds. The van der Waals surface area contributed by atoms with E-state index in [0.717, 1.165) is 24.0 Å². The highest BCUT2D eigenvalue weighted by Gasteiger charge is 2.45. The minimum Gasteiger partial charge on any atom is -0.333 e. The molecule has 2 bridgehead atoms. The molecular formula is C21H23NO3S. The fourth-order valence-electron chi connectivity index (χ4n) is 4.39. The Labute approximate surface area is 154 Å². The number of piperidine rings is 1. The number of fused-ring (bicyclic) bond motifs is 2. The summed E-state index contributed by atoms with van der Waals surface area (Å²) in [6.07, 6.45) is 4.28. The van der Waals surface area contributed by atoms with E-state index in [9.17, 15) is 13.2 Å². The lowest BCUT2D eigenvalue weighted by Crippen LogP contribution is -2.49. The van der Waals surface area contributed by atoms with E-state index in [1.807, 2.05) is 59.5 Å². The third-order valence-corrected chi connectivity index (χ3v) is 7.36. The molecule has 0 saturated carbocycles. The summed E-state index contributed by atoms with van der Waals surface area (Å²) in [4.78, 5) is 15.0. The van der Waals surface area contributed by atoms with E-state index in [1.54, 1.807) is 0 Å². The lowest BCUT2D eigenvalue weighted by Gasteiger charge is -2.38. The van der Waals surface area contributed by atoms with Gasteiger partial charge in [-0.3, -0.25) is 4.79 Å². The fourth-order valence-corrected chi connectivity index (χ4v) is 5.54. The van der Waals surface area contributed by atoms with Crippen molar-refractivity contribution >= 4 is 15.7 Å². The Hall–Kier alpha value is -2.14. The molecule has 0 spiro atoms. The largest absolute Gasteiger partial charge is 0.333 e. The van der Waals surface area contributed by atoms with Gasteiger partial charge in [0.25, 0.3) is 5.91 Å². The van der Waals surface area contributed by atoms with Crippen molar-refractivity contribution in [1.29, 1.82) is 0 Å². The second-order valence-electron chi connectivity index (χ2n) is 7.46. The van der Waals surface area contributed by atoms with Gasteiger partial charge in [0.1, 0.15) is 9.84 Å². The van der Waals surface area contributed by atoms with E-state index in [1.165, 1.54) is 6.26 Å². The number of hydrogen-bond donors (Lipinski definition) is 0. The Morgan fingerprint density at radius 2 is 1.42 bits per heavy atom. The van der Waals surface area contributed by atoms with Crippen LogP contribution < -0.4 is 0 Å². The summed E-state index contributed by atoms with van der Waals surface area (Å²) in [5, 5.41) is -0.301. The molecule has 2 aliphatic rings.